The van der Waals surface area contributed by atoms with Crippen molar-refractivity contribution in [2.45, 2.75) is 52.0 Å². The number of ketones is 1. The third-order valence-corrected chi connectivity index (χ3v) is 4.35. The van der Waals surface area contributed by atoms with Crippen LogP contribution in [0.2, 0.25) is 0 Å². The molecule has 2 heterocycles. The van der Waals surface area contributed by atoms with E-state index < -0.39 is 0 Å². The second kappa shape index (κ2) is 5.91. The molecule has 5 nitrogen and oxygen atoms in total. The molecular weight excluding hydrogens is 278 g/mol. The fraction of sp³-hybridized carbons (Fsp3) is 0.471. The van der Waals surface area contributed by atoms with Gasteiger partial charge in [-0.2, -0.15) is 0 Å². The van der Waals surface area contributed by atoms with Crippen LogP contribution >= 0.6 is 0 Å². The molecule has 0 aliphatic heterocycles. The molecule has 5 heteroatoms. The van der Waals surface area contributed by atoms with Crippen LogP contribution in [-0.4, -0.2) is 21.2 Å². The number of carbonyl (C=O) groups is 1. The van der Waals surface area contributed by atoms with Crippen LogP contribution in [0.3, 0.4) is 0 Å². The van der Waals surface area contributed by atoms with Gasteiger partial charge in [-0.15, -0.1) is 0 Å². The Morgan fingerprint density at radius 3 is 2.73 bits per heavy atom. The van der Waals surface area contributed by atoms with Crippen LogP contribution in [0.5, 0.6) is 0 Å². The Labute approximate surface area is 129 Å². The molecule has 1 fully saturated rings. The lowest BCUT2D eigenvalue weighted by Gasteiger charge is -2.24. The topological polar surface area (TPSA) is 63.5 Å². The van der Waals surface area contributed by atoms with Crippen LogP contribution in [-0.2, 0) is 0 Å². The monoisotopic (exact) mass is 299 g/mol. The minimum absolute atomic E-state index is 0.161. The summed E-state index contributed by atoms with van der Waals surface area (Å²) in [7, 11) is 0. The predicted molar refractivity (Wildman–Crippen MR) is 86.7 cm³/mol. The lowest BCUT2D eigenvalue weighted by atomic mass is 9.95. The van der Waals surface area contributed by atoms with Gasteiger partial charge >= 0.3 is 0 Å². The number of Topliss-reactive ketones (excluding diaryl/α,β-unsaturated/α-hetero) is 1. The molecule has 22 heavy (non-hydrogen) atoms. The van der Waals surface area contributed by atoms with Crippen LogP contribution in [0.4, 0.5) is 5.82 Å². The van der Waals surface area contributed by atoms with Gasteiger partial charge in [-0.25, -0.2) is 4.98 Å². The van der Waals surface area contributed by atoms with E-state index >= 15 is 0 Å². The Morgan fingerprint density at radius 2 is 2.05 bits per heavy atom. The number of carbonyl (C=O) groups excluding carboxylic acids is 1. The Hall–Kier alpha value is -2.17. The molecule has 0 aromatic carbocycles. The molecule has 0 amide bonds. The maximum absolute atomic E-state index is 12.6. The Balaban J connectivity index is 2.14. The van der Waals surface area contributed by atoms with Gasteiger partial charge in [0, 0.05) is 12.2 Å². The van der Waals surface area contributed by atoms with E-state index in [1.54, 1.807) is 12.3 Å². The third kappa shape index (κ3) is 2.63. The van der Waals surface area contributed by atoms with E-state index in [2.05, 4.69) is 10.3 Å². The van der Waals surface area contributed by atoms with Crippen LogP contribution in [0.25, 0.3) is 5.65 Å². The molecular formula is C17H21N3O2. The zero-order valence-electron chi connectivity index (χ0n) is 13.1. The second-order valence-corrected chi connectivity index (χ2v) is 6.06. The first-order valence-corrected chi connectivity index (χ1v) is 7.87. The highest BCUT2D eigenvalue weighted by molar-refractivity contribution is 5.98. The van der Waals surface area contributed by atoms with Gasteiger partial charge in [-0.3, -0.25) is 14.0 Å². The number of hydrogen-bond donors (Lipinski definition) is 1. The largest absolute Gasteiger partial charge is 0.366 e. The maximum atomic E-state index is 12.6. The van der Waals surface area contributed by atoms with Gasteiger partial charge in [-0.05, 0) is 38.3 Å². The molecule has 1 aliphatic rings. The average molecular weight is 299 g/mol. The summed E-state index contributed by atoms with van der Waals surface area (Å²) in [6, 6.07) is 4.01. The van der Waals surface area contributed by atoms with Gasteiger partial charge in [0.1, 0.15) is 17.0 Å². The van der Waals surface area contributed by atoms with Crippen LogP contribution in [0.1, 0.15) is 54.9 Å². The summed E-state index contributed by atoms with van der Waals surface area (Å²) in [4.78, 5) is 29.2. The van der Waals surface area contributed by atoms with Crippen molar-refractivity contribution in [3.63, 3.8) is 0 Å². The van der Waals surface area contributed by atoms with E-state index in [9.17, 15) is 9.59 Å². The number of nitrogens with zero attached hydrogens (tertiary/aromatic N) is 2. The molecule has 116 valence electrons. The minimum Gasteiger partial charge on any atom is -0.366 e. The maximum Gasteiger partial charge on any atom is 0.270 e. The zero-order valence-corrected chi connectivity index (χ0v) is 13.1. The van der Waals surface area contributed by atoms with Crippen molar-refractivity contribution in [3.05, 3.63) is 39.8 Å². The molecule has 0 spiro atoms. The smallest absolute Gasteiger partial charge is 0.270 e. The van der Waals surface area contributed by atoms with E-state index in [-0.39, 0.29) is 16.9 Å². The molecule has 1 saturated carbocycles. The summed E-state index contributed by atoms with van der Waals surface area (Å²) in [5.41, 5.74) is 1.39. The molecule has 3 rings (SSSR count). The number of aryl methyl sites for hydroxylation is 1. The molecule has 1 N–H and O–H groups in total. The number of fused-ring (bicyclic) bond motifs is 1. The summed E-state index contributed by atoms with van der Waals surface area (Å²) in [5.74, 6) is 0.199. The van der Waals surface area contributed by atoms with Crippen molar-refractivity contribution in [1.82, 2.24) is 9.38 Å². The van der Waals surface area contributed by atoms with Gasteiger partial charge in [0.2, 0.25) is 0 Å². The van der Waals surface area contributed by atoms with Crippen molar-refractivity contribution in [2.75, 3.05) is 5.32 Å². The summed E-state index contributed by atoms with van der Waals surface area (Å²) in [6.45, 7) is 3.34. The molecule has 0 atom stereocenters. The van der Waals surface area contributed by atoms with Crippen molar-refractivity contribution < 1.29 is 4.79 Å². The van der Waals surface area contributed by atoms with E-state index in [1.165, 1.54) is 30.6 Å². The summed E-state index contributed by atoms with van der Waals surface area (Å²) >= 11 is 0. The molecule has 0 bridgehead atoms. The van der Waals surface area contributed by atoms with Crippen molar-refractivity contribution >= 4 is 17.2 Å². The fourth-order valence-corrected chi connectivity index (χ4v) is 3.16. The molecule has 2 aromatic rings. The number of hydrogen-bond acceptors (Lipinski definition) is 4. The lowest BCUT2D eigenvalue weighted by Crippen LogP contribution is -2.29. The number of anilines is 1. The van der Waals surface area contributed by atoms with Crippen molar-refractivity contribution in [2.24, 2.45) is 0 Å². The fourth-order valence-electron chi connectivity index (χ4n) is 3.16. The third-order valence-electron chi connectivity index (χ3n) is 4.35. The van der Waals surface area contributed by atoms with Crippen LogP contribution < -0.4 is 10.9 Å². The number of nitrogens with one attached hydrogen (secondary N) is 1. The summed E-state index contributed by atoms with van der Waals surface area (Å²) in [6.07, 6.45) is 7.40. The van der Waals surface area contributed by atoms with Gasteiger partial charge in [0.25, 0.3) is 5.56 Å². The van der Waals surface area contributed by atoms with Gasteiger partial charge in [0.15, 0.2) is 5.78 Å². The van der Waals surface area contributed by atoms with E-state index in [0.717, 1.165) is 18.4 Å². The van der Waals surface area contributed by atoms with Crippen LogP contribution in [0.15, 0.2) is 23.1 Å². The first-order valence-electron chi connectivity index (χ1n) is 7.87. The molecule has 2 aromatic heterocycles. The minimum atomic E-state index is -0.292. The standard InChI is InChI=1S/C17H21N3O2/c1-11-7-6-10-20-16(11)19-15(14(12(2)21)17(20)22)18-13-8-4-3-5-9-13/h6-7,10,13,18H,3-5,8-9H2,1-2H3. The second-order valence-electron chi connectivity index (χ2n) is 6.06. The Bertz CT molecular complexity index is 773. The van der Waals surface area contributed by atoms with Crippen LogP contribution in [0, 0.1) is 6.92 Å². The van der Waals surface area contributed by atoms with E-state index in [4.69, 9.17) is 0 Å². The average Bonchev–Trinajstić information content (AvgIpc) is 2.49. The Kier molecular flexibility index (Phi) is 3.96. The number of pyridine rings is 1. The molecule has 0 unspecified atom stereocenters. The lowest BCUT2D eigenvalue weighted by molar-refractivity contribution is 0.101. The molecule has 0 saturated heterocycles. The van der Waals surface area contributed by atoms with Crippen molar-refractivity contribution in [3.8, 4) is 0 Å². The quantitative estimate of drug-likeness (QED) is 0.885. The predicted octanol–water partition coefficient (Wildman–Crippen LogP) is 2.95. The van der Waals surface area contributed by atoms with E-state index in [1.807, 2.05) is 13.0 Å². The first kappa shape index (κ1) is 14.8. The van der Waals surface area contributed by atoms with Gasteiger partial charge < -0.3 is 5.32 Å². The zero-order chi connectivity index (χ0) is 15.7. The van der Waals surface area contributed by atoms with E-state index in [0.29, 0.717) is 17.5 Å². The van der Waals surface area contributed by atoms with Gasteiger partial charge in [0.05, 0.1) is 0 Å². The molecule has 0 radical (unpaired) electrons. The number of aromatic nitrogens is 2. The highest BCUT2D eigenvalue weighted by atomic mass is 16.1. The SMILES string of the molecule is CC(=O)c1c(NC2CCCCC2)nc2c(C)cccn2c1=O. The van der Waals surface area contributed by atoms with Gasteiger partial charge in [-0.1, -0.05) is 25.3 Å². The summed E-state index contributed by atoms with van der Waals surface area (Å²) < 4.78 is 1.46. The molecule has 1 aliphatic carbocycles. The highest BCUT2D eigenvalue weighted by Gasteiger charge is 2.21. The van der Waals surface area contributed by atoms with Crippen molar-refractivity contribution in [1.29, 1.82) is 0 Å². The first-order chi connectivity index (χ1) is 10.6. The number of rotatable bonds is 3. The summed E-state index contributed by atoms with van der Waals surface area (Å²) in [5, 5.41) is 3.35. The highest BCUT2D eigenvalue weighted by Crippen LogP contribution is 2.22. The Morgan fingerprint density at radius 1 is 1.32 bits per heavy atom. The normalized spacial score (nSPS) is 15.9.